The average molecular weight is 429 g/mol. The van der Waals surface area contributed by atoms with Crippen LogP contribution in [-0.4, -0.2) is 24.0 Å². The number of aryl methyl sites for hydroxylation is 1. The number of aromatic nitrogens is 1. The van der Waals surface area contributed by atoms with Crippen molar-refractivity contribution in [2.75, 3.05) is 7.11 Å². The maximum atomic E-state index is 12.5. The number of aromatic amines is 1. The number of ether oxygens (including phenoxy) is 1. The van der Waals surface area contributed by atoms with Gasteiger partial charge in [-0.25, -0.2) is 0 Å². The Kier molecular flexibility index (Phi) is 6.29. The van der Waals surface area contributed by atoms with Gasteiger partial charge in [0, 0.05) is 28.0 Å². The lowest BCUT2D eigenvalue weighted by Gasteiger charge is -2.18. The Bertz CT molecular complexity index is 934. The van der Waals surface area contributed by atoms with E-state index in [9.17, 15) is 9.59 Å². The summed E-state index contributed by atoms with van der Waals surface area (Å²) < 4.78 is 5.71. The second kappa shape index (κ2) is 8.86. The third-order valence-corrected chi connectivity index (χ3v) is 5.03. The van der Waals surface area contributed by atoms with Crippen LogP contribution in [-0.2, 0) is 20.7 Å². The fraction of sp³-hybridized carbons (Fsp3) is 0.238. The number of amides is 1. The van der Waals surface area contributed by atoms with Gasteiger partial charge in [0.2, 0.25) is 5.91 Å². The van der Waals surface area contributed by atoms with E-state index >= 15 is 0 Å². The molecule has 1 amide bonds. The minimum Gasteiger partial charge on any atom is -0.469 e. The van der Waals surface area contributed by atoms with Gasteiger partial charge in [0.1, 0.15) is 0 Å². The summed E-state index contributed by atoms with van der Waals surface area (Å²) in [6, 6.07) is 15.1. The van der Waals surface area contributed by atoms with Gasteiger partial charge in [-0.2, -0.15) is 0 Å². The number of halogens is 1. The van der Waals surface area contributed by atoms with Crippen LogP contribution < -0.4 is 5.32 Å². The van der Waals surface area contributed by atoms with E-state index in [-0.39, 0.29) is 18.3 Å². The summed E-state index contributed by atoms with van der Waals surface area (Å²) in [6.07, 6.45) is 3.01. The van der Waals surface area contributed by atoms with Gasteiger partial charge in [0.15, 0.2) is 0 Å². The number of H-pyrrole nitrogens is 1. The molecule has 0 saturated carbocycles. The number of para-hydroxylation sites is 1. The van der Waals surface area contributed by atoms with Gasteiger partial charge in [0.05, 0.1) is 19.6 Å². The molecule has 3 aromatic rings. The molecule has 0 aliphatic rings. The van der Waals surface area contributed by atoms with Gasteiger partial charge in [-0.05, 0) is 35.7 Å². The molecule has 140 valence electrons. The number of esters is 1. The molecule has 1 aromatic heterocycles. The zero-order valence-electron chi connectivity index (χ0n) is 15.0. The monoisotopic (exact) mass is 428 g/mol. The van der Waals surface area contributed by atoms with Crippen LogP contribution in [0.2, 0.25) is 0 Å². The lowest BCUT2D eigenvalue weighted by molar-refractivity contribution is -0.141. The Morgan fingerprint density at radius 1 is 1.15 bits per heavy atom. The van der Waals surface area contributed by atoms with Crippen molar-refractivity contribution >= 4 is 38.7 Å². The van der Waals surface area contributed by atoms with E-state index in [1.807, 2.05) is 54.7 Å². The number of hydrogen-bond acceptors (Lipinski definition) is 3. The van der Waals surface area contributed by atoms with Gasteiger partial charge >= 0.3 is 5.97 Å². The molecule has 1 atom stereocenters. The highest BCUT2D eigenvalue weighted by atomic mass is 79.9. The van der Waals surface area contributed by atoms with Crippen molar-refractivity contribution in [3.05, 3.63) is 70.3 Å². The Morgan fingerprint density at radius 2 is 1.89 bits per heavy atom. The summed E-state index contributed by atoms with van der Waals surface area (Å²) >= 11 is 3.39. The zero-order valence-corrected chi connectivity index (χ0v) is 16.6. The highest BCUT2D eigenvalue weighted by Gasteiger charge is 2.19. The molecule has 1 heterocycles. The quantitative estimate of drug-likeness (QED) is 0.551. The van der Waals surface area contributed by atoms with E-state index in [1.54, 1.807) is 0 Å². The molecule has 27 heavy (non-hydrogen) atoms. The molecule has 1 unspecified atom stereocenters. The molecule has 6 heteroatoms. The lowest BCUT2D eigenvalue weighted by atomic mass is 10.0. The maximum absolute atomic E-state index is 12.5. The molecule has 2 N–H and O–H groups in total. The predicted molar refractivity (Wildman–Crippen MR) is 108 cm³/mol. The predicted octanol–water partition coefficient (Wildman–Crippen LogP) is 4.28. The normalized spacial score (nSPS) is 11.9. The van der Waals surface area contributed by atoms with Crippen molar-refractivity contribution in [3.63, 3.8) is 0 Å². The molecule has 0 saturated heterocycles. The molecule has 0 bridgehead atoms. The van der Waals surface area contributed by atoms with Gasteiger partial charge in [0.25, 0.3) is 0 Å². The van der Waals surface area contributed by atoms with Crippen LogP contribution in [0.15, 0.2) is 59.2 Å². The minimum atomic E-state index is -0.416. The van der Waals surface area contributed by atoms with Crippen LogP contribution in [0.3, 0.4) is 0 Å². The average Bonchev–Trinajstić information content (AvgIpc) is 3.09. The standard InChI is InChI=1S/C21H21BrN2O3/c1-27-21(26)12-19(14-6-9-16(22)10-7-14)24-20(25)11-8-15-13-23-18-5-3-2-4-17(15)18/h2-7,9-10,13,19,23H,8,11-12H2,1H3,(H,24,25). The Morgan fingerprint density at radius 3 is 2.63 bits per heavy atom. The van der Waals surface area contributed by atoms with Crippen LogP contribution in [0.1, 0.15) is 30.0 Å². The van der Waals surface area contributed by atoms with Crippen LogP contribution >= 0.6 is 15.9 Å². The highest BCUT2D eigenvalue weighted by Crippen LogP contribution is 2.22. The third-order valence-electron chi connectivity index (χ3n) is 4.50. The SMILES string of the molecule is COC(=O)CC(NC(=O)CCc1c[nH]c2ccccc12)c1ccc(Br)cc1. The number of hydrogen-bond donors (Lipinski definition) is 2. The van der Waals surface area contributed by atoms with E-state index in [0.717, 1.165) is 26.5 Å². The van der Waals surface area contributed by atoms with E-state index < -0.39 is 6.04 Å². The fourth-order valence-corrected chi connectivity index (χ4v) is 3.31. The lowest BCUT2D eigenvalue weighted by Crippen LogP contribution is -2.30. The van der Waals surface area contributed by atoms with Crippen molar-refractivity contribution < 1.29 is 14.3 Å². The van der Waals surface area contributed by atoms with Crippen molar-refractivity contribution in [2.24, 2.45) is 0 Å². The molecular weight excluding hydrogens is 408 g/mol. The fourth-order valence-electron chi connectivity index (χ4n) is 3.05. The summed E-state index contributed by atoms with van der Waals surface area (Å²) in [5.41, 5.74) is 3.03. The van der Waals surface area contributed by atoms with E-state index in [4.69, 9.17) is 4.74 Å². The van der Waals surface area contributed by atoms with Crippen molar-refractivity contribution in [3.8, 4) is 0 Å². The summed E-state index contributed by atoms with van der Waals surface area (Å²) in [5, 5.41) is 4.09. The molecule has 0 radical (unpaired) electrons. The van der Waals surface area contributed by atoms with Gasteiger partial charge < -0.3 is 15.0 Å². The molecular formula is C21H21BrN2O3. The Hall–Kier alpha value is -2.60. The first-order valence-corrected chi connectivity index (χ1v) is 9.52. The van der Waals surface area contributed by atoms with Crippen molar-refractivity contribution in [1.82, 2.24) is 10.3 Å². The first-order chi connectivity index (χ1) is 13.1. The number of benzene rings is 2. The number of carbonyl (C=O) groups is 2. The summed E-state index contributed by atoms with van der Waals surface area (Å²) in [4.78, 5) is 27.5. The Labute approximate surface area is 166 Å². The van der Waals surface area contributed by atoms with Gasteiger partial charge in [-0.1, -0.05) is 46.3 Å². The van der Waals surface area contributed by atoms with Crippen molar-refractivity contribution in [1.29, 1.82) is 0 Å². The van der Waals surface area contributed by atoms with Crippen LogP contribution in [0.25, 0.3) is 10.9 Å². The summed E-state index contributed by atoms with van der Waals surface area (Å²) in [7, 11) is 1.35. The van der Waals surface area contributed by atoms with Gasteiger partial charge in [-0.3, -0.25) is 9.59 Å². The van der Waals surface area contributed by atoms with Crippen LogP contribution in [0.5, 0.6) is 0 Å². The molecule has 0 spiro atoms. The van der Waals surface area contributed by atoms with Crippen LogP contribution in [0.4, 0.5) is 0 Å². The summed E-state index contributed by atoms with van der Waals surface area (Å²) in [5.74, 6) is -0.461. The third kappa shape index (κ3) is 4.98. The number of rotatable bonds is 7. The molecule has 2 aromatic carbocycles. The molecule has 3 rings (SSSR count). The molecule has 0 aliphatic heterocycles. The minimum absolute atomic E-state index is 0.0942. The summed E-state index contributed by atoms with van der Waals surface area (Å²) in [6.45, 7) is 0. The van der Waals surface area contributed by atoms with Gasteiger partial charge in [-0.15, -0.1) is 0 Å². The highest BCUT2D eigenvalue weighted by molar-refractivity contribution is 9.10. The zero-order chi connectivity index (χ0) is 19.2. The molecule has 0 fully saturated rings. The molecule has 0 aliphatic carbocycles. The number of carbonyl (C=O) groups excluding carboxylic acids is 2. The topological polar surface area (TPSA) is 71.2 Å². The smallest absolute Gasteiger partial charge is 0.307 e. The number of methoxy groups -OCH3 is 1. The van der Waals surface area contributed by atoms with E-state index in [1.165, 1.54) is 7.11 Å². The largest absolute Gasteiger partial charge is 0.469 e. The maximum Gasteiger partial charge on any atom is 0.307 e. The van der Waals surface area contributed by atoms with Crippen LogP contribution in [0, 0.1) is 0 Å². The Balaban J connectivity index is 1.66. The van der Waals surface area contributed by atoms with Crippen molar-refractivity contribution in [2.45, 2.75) is 25.3 Å². The molecule has 5 nitrogen and oxygen atoms in total. The second-order valence-corrected chi connectivity index (χ2v) is 7.23. The second-order valence-electron chi connectivity index (χ2n) is 6.31. The first kappa shape index (κ1) is 19.2. The number of fused-ring (bicyclic) bond motifs is 1. The van der Waals surface area contributed by atoms with E-state index in [2.05, 4.69) is 26.2 Å². The number of nitrogens with one attached hydrogen (secondary N) is 2. The first-order valence-electron chi connectivity index (χ1n) is 8.73. The van der Waals surface area contributed by atoms with E-state index in [0.29, 0.717) is 12.8 Å².